The molecule has 2 aromatic rings. The largest absolute Gasteiger partial charge is 0.491 e. The lowest BCUT2D eigenvalue weighted by Gasteiger charge is -2.18. The fourth-order valence-corrected chi connectivity index (χ4v) is 4.78. The first-order valence-electron chi connectivity index (χ1n) is 10.2. The van der Waals surface area contributed by atoms with Crippen LogP contribution >= 0.6 is 0 Å². The summed E-state index contributed by atoms with van der Waals surface area (Å²) in [6.45, 7) is 5.64. The standard InChI is InChI=1S/C22H28N2O5S/c1-3-24(4-2)30(26,27)21-12-10-17(11-13-21)22(25)23-18-7-5-8-19(15-18)29-16-20-9-6-14-28-20/h5,7-8,10-13,15,20H,3-4,6,9,14,16H2,1-2H3,(H,23,25). The Morgan fingerprint density at radius 3 is 2.53 bits per heavy atom. The molecule has 8 heteroatoms. The zero-order valence-corrected chi connectivity index (χ0v) is 18.2. The summed E-state index contributed by atoms with van der Waals surface area (Å²) < 4.78 is 37.8. The molecule has 1 fully saturated rings. The van der Waals surface area contributed by atoms with Crippen LogP contribution in [0.15, 0.2) is 53.4 Å². The minimum Gasteiger partial charge on any atom is -0.491 e. The number of amides is 1. The highest BCUT2D eigenvalue weighted by atomic mass is 32.2. The molecule has 30 heavy (non-hydrogen) atoms. The number of hydrogen-bond acceptors (Lipinski definition) is 5. The number of nitrogens with zero attached hydrogens (tertiary/aromatic N) is 1. The number of anilines is 1. The summed E-state index contributed by atoms with van der Waals surface area (Å²) in [5.41, 5.74) is 0.976. The topological polar surface area (TPSA) is 84.9 Å². The summed E-state index contributed by atoms with van der Waals surface area (Å²) in [6, 6.07) is 13.1. The summed E-state index contributed by atoms with van der Waals surface area (Å²) in [5, 5.41) is 2.82. The van der Waals surface area contributed by atoms with Gasteiger partial charge in [0.25, 0.3) is 5.91 Å². The summed E-state index contributed by atoms with van der Waals surface area (Å²) in [4.78, 5) is 12.7. The Labute approximate surface area is 178 Å². The van der Waals surface area contributed by atoms with Crippen molar-refractivity contribution < 1.29 is 22.7 Å². The predicted octanol–water partition coefficient (Wildman–Crippen LogP) is 3.53. The number of ether oxygens (including phenoxy) is 2. The van der Waals surface area contributed by atoms with Gasteiger partial charge >= 0.3 is 0 Å². The van der Waals surface area contributed by atoms with Crippen LogP contribution in [0.5, 0.6) is 5.75 Å². The van der Waals surface area contributed by atoms with E-state index in [1.165, 1.54) is 28.6 Å². The maximum Gasteiger partial charge on any atom is 0.255 e. The number of carbonyl (C=O) groups excluding carboxylic acids is 1. The van der Waals surface area contributed by atoms with E-state index in [0.29, 0.717) is 36.7 Å². The highest BCUT2D eigenvalue weighted by Crippen LogP contribution is 2.21. The number of rotatable bonds is 9. The first-order chi connectivity index (χ1) is 14.4. The van der Waals surface area contributed by atoms with Crippen molar-refractivity contribution >= 4 is 21.6 Å². The Hall–Kier alpha value is -2.42. The summed E-state index contributed by atoms with van der Waals surface area (Å²) in [5.74, 6) is 0.335. The Morgan fingerprint density at radius 2 is 1.90 bits per heavy atom. The molecule has 1 saturated heterocycles. The van der Waals surface area contributed by atoms with Crippen molar-refractivity contribution in [1.82, 2.24) is 4.31 Å². The molecule has 1 N–H and O–H groups in total. The maximum atomic E-state index is 12.6. The molecule has 0 bridgehead atoms. The van der Waals surface area contributed by atoms with Crippen LogP contribution < -0.4 is 10.1 Å². The van der Waals surface area contributed by atoms with Crippen molar-refractivity contribution in [3.05, 3.63) is 54.1 Å². The maximum absolute atomic E-state index is 12.6. The van der Waals surface area contributed by atoms with Gasteiger partial charge in [0.1, 0.15) is 12.4 Å². The number of sulfonamides is 1. The zero-order chi connectivity index (χ0) is 21.6. The van der Waals surface area contributed by atoms with Gasteiger partial charge in [-0.05, 0) is 49.2 Å². The molecule has 0 aromatic heterocycles. The number of benzene rings is 2. The van der Waals surface area contributed by atoms with Crippen LogP contribution in [-0.4, -0.2) is 51.0 Å². The average Bonchev–Trinajstić information content (AvgIpc) is 3.27. The second-order valence-corrected chi connectivity index (χ2v) is 8.98. The van der Waals surface area contributed by atoms with Crippen molar-refractivity contribution in [2.24, 2.45) is 0 Å². The van der Waals surface area contributed by atoms with Crippen molar-refractivity contribution in [2.45, 2.75) is 37.7 Å². The molecule has 1 heterocycles. The van der Waals surface area contributed by atoms with E-state index in [1.807, 2.05) is 6.07 Å². The van der Waals surface area contributed by atoms with E-state index in [-0.39, 0.29) is 16.9 Å². The Morgan fingerprint density at radius 1 is 1.17 bits per heavy atom. The van der Waals surface area contributed by atoms with Crippen LogP contribution in [0.2, 0.25) is 0 Å². The van der Waals surface area contributed by atoms with E-state index in [4.69, 9.17) is 9.47 Å². The minimum absolute atomic E-state index is 0.120. The Balaban J connectivity index is 1.64. The first-order valence-corrected chi connectivity index (χ1v) is 11.6. The van der Waals surface area contributed by atoms with Crippen LogP contribution in [0.1, 0.15) is 37.0 Å². The van der Waals surface area contributed by atoms with Gasteiger partial charge in [-0.15, -0.1) is 0 Å². The molecule has 7 nitrogen and oxygen atoms in total. The molecule has 1 unspecified atom stereocenters. The van der Waals surface area contributed by atoms with Crippen LogP contribution in [0.4, 0.5) is 5.69 Å². The van der Waals surface area contributed by atoms with E-state index >= 15 is 0 Å². The van der Waals surface area contributed by atoms with E-state index in [1.54, 1.807) is 32.0 Å². The minimum atomic E-state index is -3.55. The van der Waals surface area contributed by atoms with Gasteiger partial charge in [0.2, 0.25) is 10.0 Å². The highest BCUT2D eigenvalue weighted by molar-refractivity contribution is 7.89. The van der Waals surface area contributed by atoms with Crippen LogP contribution in [0.3, 0.4) is 0 Å². The summed E-state index contributed by atoms with van der Waals surface area (Å²) in [6.07, 6.45) is 2.17. The fraction of sp³-hybridized carbons (Fsp3) is 0.409. The molecular formula is C22H28N2O5S. The summed E-state index contributed by atoms with van der Waals surface area (Å²) in [7, 11) is -3.55. The van der Waals surface area contributed by atoms with Crippen molar-refractivity contribution in [1.29, 1.82) is 0 Å². The predicted molar refractivity (Wildman–Crippen MR) is 115 cm³/mol. The molecule has 1 aliphatic rings. The second kappa shape index (κ2) is 10.1. The first kappa shape index (κ1) is 22.3. The molecule has 1 aliphatic heterocycles. The lowest BCUT2D eigenvalue weighted by atomic mass is 10.2. The third-order valence-corrected chi connectivity index (χ3v) is 7.08. The van der Waals surface area contributed by atoms with E-state index in [9.17, 15) is 13.2 Å². The van der Waals surface area contributed by atoms with Crippen LogP contribution in [0.25, 0.3) is 0 Å². The smallest absolute Gasteiger partial charge is 0.255 e. The van der Waals surface area contributed by atoms with Gasteiger partial charge in [0.05, 0.1) is 11.0 Å². The molecule has 3 rings (SSSR count). The Kier molecular flexibility index (Phi) is 7.47. The van der Waals surface area contributed by atoms with Crippen molar-refractivity contribution in [3.8, 4) is 5.75 Å². The normalized spacial score (nSPS) is 16.6. The molecule has 0 saturated carbocycles. The SMILES string of the molecule is CCN(CC)S(=O)(=O)c1ccc(C(=O)Nc2cccc(OCC3CCCO3)c2)cc1. The van der Waals surface area contributed by atoms with Gasteiger partial charge in [-0.1, -0.05) is 19.9 Å². The molecule has 1 amide bonds. The Bertz CT molecular complexity index is 950. The fourth-order valence-electron chi connectivity index (χ4n) is 3.32. The summed E-state index contributed by atoms with van der Waals surface area (Å²) >= 11 is 0. The molecular weight excluding hydrogens is 404 g/mol. The van der Waals surface area contributed by atoms with Gasteiger partial charge in [0.15, 0.2) is 0 Å². The number of carbonyl (C=O) groups is 1. The zero-order valence-electron chi connectivity index (χ0n) is 17.3. The quantitative estimate of drug-likeness (QED) is 0.655. The van der Waals surface area contributed by atoms with Gasteiger partial charge < -0.3 is 14.8 Å². The molecule has 1 atom stereocenters. The lowest BCUT2D eigenvalue weighted by Crippen LogP contribution is -2.30. The molecule has 162 valence electrons. The average molecular weight is 433 g/mol. The molecule has 0 radical (unpaired) electrons. The van der Waals surface area contributed by atoms with Gasteiger partial charge in [-0.25, -0.2) is 8.42 Å². The third kappa shape index (κ3) is 5.38. The number of nitrogens with one attached hydrogen (secondary N) is 1. The van der Waals surface area contributed by atoms with E-state index < -0.39 is 10.0 Å². The van der Waals surface area contributed by atoms with E-state index in [0.717, 1.165) is 19.4 Å². The highest BCUT2D eigenvalue weighted by Gasteiger charge is 2.21. The molecule has 2 aromatic carbocycles. The van der Waals surface area contributed by atoms with Crippen molar-refractivity contribution in [2.75, 3.05) is 31.6 Å². The van der Waals surface area contributed by atoms with Crippen molar-refractivity contribution in [3.63, 3.8) is 0 Å². The third-order valence-electron chi connectivity index (χ3n) is 5.01. The second-order valence-electron chi connectivity index (χ2n) is 7.04. The molecule has 0 spiro atoms. The van der Waals surface area contributed by atoms with Gasteiger partial charge in [-0.3, -0.25) is 4.79 Å². The van der Waals surface area contributed by atoms with Crippen LogP contribution in [-0.2, 0) is 14.8 Å². The van der Waals surface area contributed by atoms with E-state index in [2.05, 4.69) is 5.32 Å². The monoisotopic (exact) mass is 432 g/mol. The van der Waals surface area contributed by atoms with Gasteiger partial charge in [-0.2, -0.15) is 4.31 Å². The van der Waals surface area contributed by atoms with Crippen LogP contribution in [0, 0.1) is 0 Å². The number of hydrogen-bond donors (Lipinski definition) is 1. The molecule has 0 aliphatic carbocycles. The van der Waals surface area contributed by atoms with Gasteiger partial charge in [0, 0.05) is 37.0 Å². The lowest BCUT2D eigenvalue weighted by molar-refractivity contribution is 0.0680.